The molecule has 1 fully saturated rings. The summed E-state index contributed by atoms with van der Waals surface area (Å²) in [6, 6.07) is 22.7. The molecule has 1 unspecified atom stereocenters. The zero-order valence-corrected chi connectivity index (χ0v) is 18.9. The van der Waals surface area contributed by atoms with Gasteiger partial charge in [0.1, 0.15) is 11.5 Å². The van der Waals surface area contributed by atoms with E-state index in [2.05, 4.69) is 0 Å². The van der Waals surface area contributed by atoms with E-state index in [9.17, 15) is 14.7 Å². The molecule has 1 aliphatic rings. The van der Waals surface area contributed by atoms with Crippen LogP contribution in [0.1, 0.15) is 24.1 Å². The molecule has 0 aliphatic carbocycles. The lowest BCUT2D eigenvalue weighted by Gasteiger charge is -2.26. The number of benzene rings is 3. The van der Waals surface area contributed by atoms with Crippen molar-refractivity contribution in [3.05, 3.63) is 95.6 Å². The van der Waals surface area contributed by atoms with Crippen molar-refractivity contribution in [2.75, 3.05) is 30.5 Å². The van der Waals surface area contributed by atoms with Crippen LogP contribution >= 0.6 is 0 Å². The molecular formula is C27H26N2O4. The molecule has 6 nitrogen and oxygen atoms in total. The van der Waals surface area contributed by atoms with Crippen LogP contribution in [0, 0.1) is 0 Å². The topological polar surface area (TPSA) is 70.1 Å². The fourth-order valence-electron chi connectivity index (χ4n) is 4.02. The number of amides is 1. The fourth-order valence-corrected chi connectivity index (χ4v) is 4.02. The molecule has 4 rings (SSSR count). The summed E-state index contributed by atoms with van der Waals surface area (Å²) in [6.45, 7) is 2.38. The first-order valence-corrected chi connectivity index (χ1v) is 10.8. The Kier molecular flexibility index (Phi) is 6.18. The molecule has 1 amide bonds. The summed E-state index contributed by atoms with van der Waals surface area (Å²) >= 11 is 0. The summed E-state index contributed by atoms with van der Waals surface area (Å²) in [5.41, 5.74) is 2.74. The van der Waals surface area contributed by atoms with Gasteiger partial charge in [-0.15, -0.1) is 0 Å². The lowest BCUT2D eigenvalue weighted by Crippen LogP contribution is -2.29. The number of hydrogen-bond acceptors (Lipinski definition) is 5. The molecule has 168 valence electrons. The highest BCUT2D eigenvalue weighted by atomic mass is 16.5. The SMILES string of the molecule is CCOc1cccc(C2/C(=C(/O)c3ccccc3)C(=O)C(=O)N2c2ccc(N(C)C)cc2)c1. The zero-order valence-electron chi connectivity index (χ0n) is 18.9. The Bertz CT molecular complexity index is 1200. The molecule has 1 saturated heterocycles. The molecule has 1 N–H and O–H groups in total. The first-order chi connectivity index (χ1) is 15.9. The van der Waals surface area contributed by atoms with Crippen LogP contribution in [0.5, 0.6) is 5.75 Å². The van der Waals surface area contributed by atoms with E-state index in [0.717, 1.165) is 5.69 Å². The van der Waals surface area contributed by atoms with Crippen LogP contribution < -0.4 is 14.5 Å². The largest absolute Gasteiger partial charge is 0.507 e. The third-order valence-electron chi connectivity index (χ3n) is 5.62. The minimum absolute atomic E-state index is 0.0523. The van der Waals surface area contributed by atoms with Gasteiger partial charge in [0.15, 0.2) is 0 Å². The molecule has 0 spiro atoms. The minimum Gasteiger partial charge on any atom is -0.507 e. The first kappa shape index (κ1) is 22.1. The van der Waals surface area contributed by atoms with Gasteiger partial charge in [-0.25, -0.2) is 0 Å². The number of rotatable bonds is 6. The van der Waals surface area contributed by atoms with Gasteiger partial charge >= 0.3 is 0 Å². The van der Waals surface area contributed by atoms with Crippen molar-refractivity contribution in [3.63, 3.8) is 0 Å². The molecule has 33 heavy (non-hydrogen) atoms. The normalized spacial score (nSPS) is 17.3. The van der Waals surface area contributed by atoms with Crippen LogP contribution in [-0.4, -0.2) is 37.5 Å². The maximum atomic E-state index is 13.3. The Balaban J connectivity index is 1.91. The second-order valence-corrected chi connectivity index (χ2v) is 7.95. The van der Waals surface area contributed by atoms with Crippen LogP contribution in [0.3, 0.4) is 0 Å². The molecule has 0 saturated carbocycles. The van der Waals surface area contributed by atoms with Crippen LogP contribution in [-0.2, 0) is 9.59 Å². The van der Waals surface area contributed by atoms with Crippen molar-refractivity contribution in [2.45, 2.75) is 13.0 Å². The number of carbonyl (C=O) groups is 2. The summed E-state index contributed by atoms with van der Waals surface area (Å²) in [6.07, 6.45) is 0. The molecule has 0 aromatic heterocycles. The van der Waals surface area contributed by atoms with Crippen molar-refractivity contribution in [1.82, 2.24) is 0 Å². The molecule has 0 radical (unpaired) electrons. The molecule has 1 atom stereocenters. The highest BCUT2D eigenvalue weighted by Crippen LogP contribution is 2.43. The van der Waals surface area contributed by atoms with Crippen molar-refractivity contribution in [3.8, 4) is 5.75 Å². The number of ether oxygens (including phenoxy) is 1. The van der Waals surface area contributed by atoms with Crippen LogP contribution in [0.4, 0.5) is 11.4 Å². The van der Waals surface area contributed by atoms with E-state index < -0.39 is 17.7 Å². The number of anilines is 2. The van der Waals surface area contributed by atoms with Gasteiger partial charge in [0.05, 0.1) is 18.2 Å². The van der Waals surface area contributed by atoms with Gasteiger partial charge in [0.25, 0.3) is 11.7 Å². The van der Waals surface area contributed by atoms with Gasteiger partial charge in [-0.3, -0.25) is 14.5 Å². The summed E-state index contributed by atoms with van der Waals surface area (Å²) in [5, 5.41) is 11.1. The van der Waals surface area contributed by atoms with Gasteiger partial charge in [-0.2, -0.15) is 0 Å². The maximum Gasteiger partial charge on any atom is 0.300 e. The summed E-state index contributed by atoms with van der Waals surface area (Å²) < 4.78 is 5.65. The van der Waals surface area contributed by atoms with Crippen molar-refractivity contribution in [1.29, 1.82) is 0 Å². The molecule has 3 aromatic rings. The highest BCUT2D eigenvalue weighted by molar-refractivity contribution is 6.51. The lowest BCUT2D eigenvalue weighted by molar-refractivity contribution is -0.132. The molecule has 6 heteroatoms. The van der Waals surface area contributed by atoms with E-state index in [1.54, 1.807) is 30.3 Å². The molecule has 1 aliphatic heterocycles. The number of aliphatic hydroxyl groups excluding tert-OH is 1. The third-order valence-corrected chi connectivity index (χ3v) is 5.62. The number of Topliss-reactive ketones (excluding diaryl/α,β-unsaturated/α-hetero) is 1. The Hall–Kier alpha value is -4.06. The van der Waals surface area contributed by atoms with Gasteiger partial charge in [-0.1, -0.05) is 42.5 Å². The van der Waals surface area contributed by atoms with E-state index in [0.29, 0.717) is 29.2 Å². The molecule has 0 bridgehead atoms. The van der Waals surface area contributed by atoms with E-state index >= 15 is 0 Å². The summed E-state index contributed by atoms with van der Waals surface area (Å²) in [5.74, 6) is -0.979. The van der Waals surface area contributed by atoms with Gasteiger partial charge in [-0.05, 0) is 48.9 Å². The minimum atomic E-state index is -0.796. The predicted molar refractivity (Wildman–Crippen MR) is 130 cm³/mol. The standard InChI is InChI=1S/C27H26N2O4/c1-4-33-22-12-8-11-19(17-22)24-23(25(30)18-9-6-5-7-10-18)26(31)27(32)29(24)21-15-13-20(14-16-21)28(2)3/h5-17,24,30H,4H2,1-3H3/b25-23-. The maximum absolute atomic E-state index is 13.3. The predicted octanol–water partition coefficient (Wildman–Crippen LogP) is 4.78. The van der Waals surface area contributed by atoms with Crippen molar-refractivity contribution < 1.29 is 19.4 Å². The second kappa shape index (κ2) is 9.20. The Labute approximate surface area is 193 Å². The van der Waals surface area contributed by atoms with Gasteiger partial charge in [0, 0.05) is 31.0 Å². The van der Waals surface area contributed by atoms with Gasteiger partial charge in [0.2, 0.25) is 0 Å². The average molecular weight is 443 g/mol. The summed E-state index contributed by atoms with van der Waals surface area (Å²) in [7, 11) is 3.86. The van der Waals surface area contributed by atoms with Crippen molar-refractivity contribution >= 4 is 28.8 Å². The van der Waals surface area contributed by atoms with Crippen LogP contribution in [0.2, 0.25) is 0 Å². The third kappa shape index (κ3) is 4.20. The Morgan fingerprint density at radius 2 is 1.67 bits per heavy atom. The number of ketones is 1. The quantitative estimate of drug-likeness (QED) is 0.338. The monoisotopic (exact) mass is 442 g/mol. The van der Waals surface area contributed by atoms with Crippen LogP contribution in [0.25, 0.3) is 5.76 Å². The van der Waals surface area contributed by atoms with E-state index in [-0.39, 0.29) is 11.3 Å². The number of aliphatic hydroxyl groups is 1. The number of nitrogens with zero attached hydrogens (tertiary/aromatic N) is 2. The van der Waals surface area contributed by atoms with Gasteiger partial charge < -0.3 is 14.7 Å². The van der Waals surface area contributed by atoms with E-state index in [1.165, 1.54) is 4.90 Å². The molecular weight excluding hydrogens is 416 g/mol. The lowest BCUT2D eigenvalue weighted by atomic mass is 9.95. The Morgan fingerprint density at radius 3 is 2.30 bits per heavy atom. The Morgan fingerprint density at radius 1 is 0.970 bits per heavy atom. The number of hydrogen-bond donors (Lipinski definition) is 1. The fraction of sp³-hybridized carbons (Fsp3) is 0.185. The smallest absolute Gasteiger partial charge is 0.300 e. The second-order valence-electron chi connectivity index (χ2n) is 7.95. The highest BCUT2D eigenvalue weighted by Gasteiger charge is 2.47. The zero-order chi connectivity index (χ0) is 23.5. The van der Waals surface area contributed by atoms with Crippen molar-refractivity contribution in [2.24, 2.45) is 0 Å². The number of carbonyl (C=O) groups excluding carboxylic acids is 2. The van der Waals surface area contributed by atoms with E-state index in [1.807, 2.05) is 74.4 Å². The average Bonchev–Trinajstić information content (AvgIpc) is 3.10. The molecule has 3 aromatic carbocycles. The van der Waals surface area contributed by atoms with E-state index in [4.69, 9.17) is 4.74 Å². The summed E-state index contributed by atoms with van der Waals surface area (Å²) in [4.78, 5) is 29.9. The van der Waals surface area contributed by atoms with Crippen LogP contribution in [0.15, 0.2) is 84.4 Å². The first-order valence-electron chi connectivity index (χ1n) is 10.8. The molecule has 1 heterocycles.